The number of carbonyl (C=O) groups is 1. The molecule has 110 valence electrons. The van der Waals surface area contributed by atoms with Gasteiger partial charge in [0, 0.05) is 6.26 Å². The fraction of sp³-hybridized carbons (Fsp3) is 0.0714. The first kappa shape index (κ1) is 15.5. The maximum Gasteiger partial charge on any atom is 0.257 e. The Hall–Kier alpha value is -1.92. The van der Waals surface area contributed by atoms with E-state index in [4.69, 9.17) is 11.6 Å². The van der Waals surface area contributed by atoms with Gasteiger partial charge in [0.25, 0.3) is 5.91 Å². The summed E-state index contributed by atoms with van der Waals surface area (Å²) in [6.45, 7) is 0. The van der Waals surface area contributed by atoms with Gasteiger partial charge in [0.1, 0.15) is 5.82 Å². The van der Waals surface area contributed by atoms with Crippen LogP contribution in [0.1, 0.15) is 10.4 Å². The van der Waals surface area contributed by atoms with E-state index >= 15 is 0 Å². The second kappa shape index (κ2) is 5.83. The van der Waals surface area contributed by atoms with Crippen LogP contribution in [0, 0.1) is 5.82 Å². The van der Waals surface area contributed by atoms with Crippen molar-refractivity contribution in [2.24, 2.45) is 0 Å². The molecule has 4 nitrogen and oxygen atoms in total. The fourth-order valence-electron chi connectivity index (χ4n) is 1.67. The van der Waals surface area contributed by atoms with Gasteiger partial charge in [0.15, 0.2) is 9.84 Å². The molecule has 1 N–H and O–H groups in total. The zero-order chi connectivity index (χ0) is 15.6. The lowest BCUT2D eigenvalue weighted by Gasteiger charge is -2.09. The summed E-state index contributed by atoms with van der Waals surface area (Å²) in [6.07, 6.45) is 1.000. The molecule has 2 aromatic rings. The van der Waals surface area contributed by atoms with Crippen molar-refractivity contribution in [3.05, 3.63) is 58.9 Å². The monoisotopic (exact) mass is 327 g/mol. The topological polar surface area (TPSA) is 63.2 Å². The van der Waals surface area contributed by atoms with Crippen LogP contribution in [0.4, 0.5) is 10.1 Å². The molecule has 0 saturated carbocycles. The van der Waals surface area contributed by atoms with E-state index in [0.29, 0.717) is 0 Å². The largest absolute Gasteiger partial charge is 0.319 e. The van der Waals surface area contributed by atoms with Crippen molar-refractivity contribution in [3.63, 3.8) is 0 Å². The number of hydrogen-bond acceptors (Lipinski definition) is 3. The Morgan fingerprint density at radius 2 is 1.86 bits per heavy atom. The van der Waals surface area contributed by atoms with Crippen LogP contribution in [0.3, 0.4) is 0 Å². The molecule has 0 aliphatic heterocycles. The van der Waals surface area contributed by atoms with Gasteiger partial charge in [0.05, 0.1) is 21.2 Å². The maximum absolute atomic E-state index is 13.7. The highest BCUT2D eigenvalue weighted by atomic mass is 35.5. The minimum absolute atomic E-state index is 0.0849. The van der Waals surface area contributed by atoms with Gasteiger partial charge in [0.2, 0.25) is 0 Å². The molecule has 21 heavy (non-hydrogen) atoms. The van der Waals surface area contributed by atoms with Gasteiger partial charge in [-0.1, -0.05) is 23.7 Å². The van der Waals surface area contributed by atoms with Gasteiger partial charge >= 0.3 is 0 Å². The Kier molecular flexibility index (Phi) is 4.29. The van der Waals surface area contributed by atoms with Crippen molar-refractivity contribution < 1.29 is 17.6 Å². The van der Waals surface area contributed by atoms with Gasteiger partial charge in [-0.2, -0.15) is 0 Å². The van der Waals surface area contributed by atoms with Crippen LogP contribution < -0.4 is 5.32 Å². The molecule has 0 bridgehead atoms. The standard InChI is InChI=1S/C14H11ClFNO3S/c1-21(19,20)9-6-7-12(16)13(8-9)17-14(18)10-4-2-3-5-11(10)15/h2-8H,1H3,(H,17,18). The Labute approximate surface area is 126 Å². The molecule has 0 spiro atoms. The second-order valence-electron chi connectivity index (χ2n) is 4.35. The fourth-order valence-corrected chi connectivity index (χ4v) is 2.53. The summed E-state index contributed by atoms with van der Waals surface area (Å²) in [5.74, 6) is -1.35. The molecule has 2 aromatic carbocycles. The number of rotatable bonds is 3. The molecule has 0 unspecified atom stereocenters. The third-order valence-electron chi connectivity index (χ3n) is 2.73. The van der Waals surface area contributed by atoms with E-state index in [0.717, 1.165) is 24.5 Å². The molecule has 2 rings (SSSR count). The third-order valence-corrected chi connectivity index (χ3v) is 4.17. The van der Waals surface area contributed by atoms with Gasteiger partial charge in [-0.05, 0) is 30.3 Å². The summed E-state index contributed by atoms with van der Waals surface area (Å²) in [5, 5.41) is 2.53. The lowest BCUT2D eigenvalue weighted by Crippen LogP contribution is -2.14. The van der Waals surface area contributed by atoms with Gasteiger partial charge < -0.3 is 5.32 Å². The molecular formula is C14H11ClFNO3S. The van der Waals surface area contributed by atoms with Crippen LogP contribution in [0.15, 0.2) is 47.4 Å². The number of hydrogen-bond donors (Lipinski definition) is 1. The molecule has 0 fully saturated rings. The lowest BCUT2D eigenvalue weighted by molar-refractivity contribution is 0.102. The van der Waals surface area contributed by atoms with E-state index in [9.17, 15) is 17.6 Å². The molecule has 0 heterocycles. The molecule has 0 aromatic heterocycles. The van der Waals surface area contributed by atoms with Crippen LogP contribution in [0.25, 0.3) is 0 Å². The SMILES string of the molecule is CS(=O)(=O)c1ccc(F)c(NC(=O)c2ccccc2Cl)c1. The van der Waals surface area contributed by atoms with E-state index in [1.165, 1.54) is 12.1 Å². The van der Waals surface area contributed by atoms with E-state index in [-0.39, 0.29) is 21.2 Å². The Balaban J connectivity index is 2.36. The molecule has 0 atom stereocenters. The van der Waals surface area contributed by atoms with E-state index < -0.39 is 21.6 Å². The van der Waals surface area contributed by atoms with Crippen molar-refractivity contribution in [1.29, 1.82) is 0 Å². The van der Waals surface area contributed by atoms with Crippen LogP contribution in [-0.4, -0.2) is 20.6 Å². The zero-order valence-electron chi connectivity index (χ0n) is 10.9. The van der Waals surface area contributed by atoms with Gasteiger partial charge in [-0.3, -0.25) is 4.79 Å². The highest BCUT2D eigenvalue weighted by Crippen LogP contribution is 2.22. The first-order valence-electron chi connectivity index (χ1n) is 5.84. The predicted octanol–water partition coefficient (Wildman–Crippen LogP) is 3.13. The summed E-state index contributed by atoms with van der Waals surface area (Å²) < 4.78 is 36.6. The normalized spacial score (nSPS) is 11.2. The minimum Gasteiger partial charge on any atom is -0.319 e. The molecule has 0 aliphatic rings. The average Bonchev–Trinajstić information content (AvgIpc) is 2.40. The van der Waals surface area contributed by atoms with Crippen molar-refractivity contribution in [3.8, 4) is 0 Å². The number of sulfone groups is 1. The van der Waals surface area contributed by atoms with Crippen molar-refractivity contribution >= 4 is 33.0 Å². The van der Waals surface area contributed by atoms with Crippen molar-refractivity contribution in [2.75, 3.05) is 11.6 Å². The van der Waals surface area contributed by atoms with Crippen LogP contribution >= 0.6 is 11.6 Å². The number of halogens is 2. The zero-order valence-corrected chi connectivity index (χ0v) is 12.5. The Morgan fingerprint density at radius 3 is 2.48 bits per heavy atom. The van der Waals surface area contributed by atoms with E-state index in [1.54, 1.807) is 12.1 Å². The Morgan fingerprint density at radius 1 is 1.19 bits per heavy atom. The average molecular weight is 328 g/mol. The smallest absolute Gasteiger partial charge is 0.257 e. The second-order valence-corrected chi connectivity index (χ2v) is 6.77. The first-order chi connectivity index (χ1) is 9.79. The molecular weight excluding hydrogens is 317 g/mol. The van der Waals surface area contributed by atoms with Crippen LogP contribution in [-0.2, 0) is 9.84 Å². The molecule has 0 saturated heterocycles. The highest BCUT2D eigenvalue weighted by Gasteiger charge is 2.15. The molecule has 0 aliphatic carbocycles. The predicted molar refractivity (Wildman–Crippen MR) is 78.9 cm³/mol. The first-order valence-corrected chi connectivity index (χ1v) is 8.11. The summed E-state index contributed by atoms with van der Waals surface area (Å²) >= 11 is 5.88. The van der Waals surface area contributed by atoms with Gasteiger partial charge in [-0.15, -0.1) is 0 Å². The summed E-state index contributed by atoms with van der Waals surface area (Å²) in [5.41, 5.74) is -0.0498. The van der Waals surface area contributed by atoms with Crippen LogP contribution in [0.5, 0.6) is 0 Å². The summed E-state index contributed by atoms with van der Waals surface area (Å²) in [7, 11) is -3.49. The Bertz CT molecular complexity index is 806. The van der Waals surface area contributed by atoms with Crippen molar-refractivity contribution in [2.45, 2.75) is 4.90 Å². The van der Waals surface area contributed by atoms with Crippen molar-refractivity contribution in [1.82, 2.24) is 0 Å². The number of amides is 1. The quantitative estimate of drug-likeness (QED) is 0.881. The lowest BCUT2D eigenvalue weighted by atomic mass is 10.2. The summed E-state index contributed by atoms with van der Waals surface area (Å²) in [6, 6.07) is 9.47. The van der Waals surface area contributed by atoms with Crippen LogP contribution in [0.2, 0.25) is 5.02 Å². The highest BCUT2D eigenvalue weighted by molar-refractivity contribution is 7.90. The molecule has 7 heteroatoms. The van der Waals surface area contributed by atoms with Gasteiger partial charge in [-0.25, -0.2) is 12.8 Å². The number of nitrogens with one attached hydrogen (secondary N) is 1. The van der Waals surface area contributed by atoms with E-state index in [1.807, 2.05) is 0 Å². The van der Waals surface area contributed by atoms with E-state index in [2.05, 4.69) is 5.32 Å². The number of anilines is 1. The minimum atomic E-state index is -3.49. The molecule has 0 radical (unpaired) electrons. The number of benzene rings is 2. The molecule has 1 amide bonds. The maximum atomic E-state index is 13.7. The third kappa shape index (κ3) is 3.59. The summed E-state index contributed by atoms with van der Waals surface area (Å²) in [4.78, 5) is 12.0. The number of carbonyl (C=O) groups excluding carboxylic acids is 1.